The van der Waals surface area contributed by atoms with Crippen molar-refractivity contribution >= 4 is 23.2 Å². The molecule has 0 amide bonds. The SMILES string of the molecule is COC(=O)c1nn(-c2nc(C(C)C)ns2)cc1N. The Bertz CT molecular complexity index is 575. The van der Waals surface area contributed by atoms with Gasteiger partial charge >= 0.3 is 5.97 Å². The van der Waals surface area contributed by atoms with Gasteiger partial charge in [0, 0.05) is 17.5 Å². The van der Waals surface area contributed by atoms with Gasteiger partial charge in [-0.3, -0.25) is 0 Å². The Labute approximate surface area is 108 Å². The maximum atomic E-state index is 11.4. The van der Waals surface area contributed by atoms with E-state index in [1.807, 2.05) is 13.8 Å². The van der Waals surface area contributed by atoms with Gasteiger partial charge in [0.25, 0.3) is 0 Å². The smallest absolute Gasteiger partial charge is 0.360 e. The lowest BCUT2D eigenvalue weighted by atomic mass is 10.2. The fourth-order valence-corrected chi connectivity index (χ4v) is 2.03. The van der Waals surface area contributed by atoms with Gasteiger partial charge < -0.3 is 10.5 Å². The van der Waals surface area contributed by atoms with Crippen LogP contribution in [-0.2, 0) is 4.74 Å². The van der Waals surface area contributed by atoms with Gasteiger partial charge in [0.05, 0.1) is 19.0 Å². The number of ether oxygens (including phenoxy) is 1. The normalized spacial score (nSPS) is 10.9. The molecule has 0 aliphatic carbocycles. The van der Waals surface area contributed by atoms with Crippen molar-refractivity contribution in [2.45, 2.75) is 19.8 Å². The fraction of sp³-hybridized carbons (Fsp3) is 0.400. The summed E-state index contributed by atoms with van der Waals surface area (Å²) in [4.78, 5) is 15.7. The third-order valence-corrected chi connectivity index (χ3v) is 2.98. The Kier molecular flexibility index (Phi) is 3.28. The molecule has 2 heterocycles. The second kappa shape index (κ2) is 4.73. The molecule has 0 bridgehead atoms. The first-order chi connectivity index (χ1) is 8.52. The van der Waals surface area contributed by atoms with Crippen LogP contribution in [0.2, 0.25) is 0 Å². The number of nitrogens with zero attached hydrogens (tertiary/aromatic N) is 4. The molecule has 0 radical (unpaired) electrons. The number of anilines is 1. The van der Waals surface area contributed by atoms with Crippen molar-refractivity contribution < 1.29 is 9.53 Å². The summed E-state index contributed by atoms with van der Waals surface area (Å²) in [6, 6.07) is 0. The topological polar surface area (TPSA) is 95.9 Å². The van der Waals surface area contributed by atoms with E-state index in [0.29, 0.717) is 5.13 Å². The molecule has 0 unspecified atom stereocenters. The molecule has 2 aromatic rings. The van der Waals surface area contributed by atoms with Gasteiger partial charge in [-0.05, 0) is 0 Å². The summed E-state index contributed by atoms with van der Waals surface area (Å²) in [6.07, 6.45) is 1.52. The van der Waals surface area contributed by atoms with Crippen molar-refractivity contribution in [2.75, 3.05) is 12.8 Å². The van der Waals surface area contributed by atoms with Crippen LogP contribution in [0.1, 0.15) is 36.1 Å². The molecule has 0 saturated heterocycles. The van der Waals surface area contributed by atoms with Crippen LogP contribution in [0.15, 0.2) is 6.20 Å². The van der Waals surface area contributed by atoms with Crippen LogP contribution in [0.25, 0.3) is 5.13 Å². The lowest BCUT2D eigenvalue weighted by molar-refractivity contribution is 0.0594. The van der Waals surface area contributed by atoms with Crippen LogP contribution < -0.4 is 5.73 Å². The van der Waals surface area contributed by atoms with Crippen molar-refractivity contribution in [1.82, 2.24) is 19.1 Å². The minimum Gasteiger partial charge on any atom is -0.464 e. The Morgan fingerprint density at radius 1 is 1.56 bits per heavy atom. The first kappa shape index (κ1) is 12.5. The average molecular weight is 267 g/mol. The number of carbonyl (C=O) groups excluding carboxylic acids is 1. The van der Waals surface area contributed by atoms with E-state index in [4.69, 9.17) is 5.73 Å². The van der Waals surface area contributed by atoms with Crippen LogP contribution >= 0.6 is 11.5 Å². The molecular formula is C10H13N5O2S. The molecular weight excluding hydrogens is 254 g/mol. The Hall–Kier alpha value is -1.96. The van der Waals surface area contributed by atoms with E-state index in [-0.39, 0.29) is 17.3 Å². The zero-order chi connectivity index (χ0) is 13.3. The van der Waals surface area contributed by atoms with Crippen LogP contribution in [0.5, 0.6) is 0 Å². The van der Waals surface area contributed by atoms with Crippen molar-refractivity contribution in [3.05, 3.63) is 17.7 Å². The molecule has 0 aliphatic heterocycles. The van der Waals surface area contributed by atoms with E-state index in [9.17, 15) is 4.79 Å². The van der Waals surface area contributed by atoms with E-state index in [1.165, 1.54) is 29.5 Å². The predicted octanol–water partition coefficient (Wildman–Crippen LogP) is 1.22. The first-order valence-corrected chi connectivity index (χ1v) is 6.07. The molecule has 18 heavy (non-hydrogen) atoms. The average Bonchev–Trinajstić information content (AvgIpc) is 2.94. The molecule has 0 aliphatic rings. The zero-order valence-corrected chi connectivity index (χ0v) is 11.1. The van der Waals surface area contributed by atoms with Gasteiger partial charge in [0.1, 0.15) is 5.82 Å². The van der Waals surface area contributed by atoms with Gasteiger partial charge in [-0.2, -0.15) is 9.47 Å². The number of nitrogen functional groups attached to an aromatic ring is 1. The minimum atomic E-state index is -0.570. The standard InChI is InChI=1S/C10H13N5O2S/c1-5(2)8-12-10(18-14-8)15-4-6(11)7(13-15)9(16)17-3/h4-5H,11H2,1-3H3. The van der Waals surface area contributed by atoms with Crippen molar-refractivity contribution in [3.8, 4) is 5.13 Å². The largest absolute Gasteiger partial charge is 0.464 e. The molecule has 2 N–H and O–H groups in total. The number of methoxy groups -OCH3 is 1. The monoisotopic (exact) mass is 267 g/mol. The maximum Gasteiger partial charge on any atom is 0.360 e. The number of carbonyl (C=O) groups is 1. The maximum absolute atomic E-state index is 11.4. The number of rotatable bonds is 3. The molecule has 7 nitrogen and oxygen atoms in total. The summed E-state index contributed by atoms with van der Waals surface area (Å²) < 4.78 is 10.2. The third-order valence-electron chi connectivity index (χ3n) is 2.26. The molecule has 0 atom stereocenters. The highest BCUT2D eigenvalue weighted by Gasteiger charge is 2.18. The Morgan fingerprint density at radius 3 is 2.83 bits per heavy atom. The molecule has 2 rings (SSSR count). The number of hydrogen-bond acceptors (Lipinski definition) is 7. The number of esters is 1. The number of hydrogen-bond donors (Lipinski definition) is 1. The highest BCUT2D eigenvalue weighted by atomic mass is 32.1. The van der Waals surface area contributed by atoms with Crippen LogP contribution in [-0.4, -0.2) is 32.2 Å². The van der Waals surface area contributed by atoms with Crippen LogP contribution in [0.3, 0.4) is 0 Å². The van der Waals surface area contributed by atoms with E-state index in [0.717, 1.165) is 5.82 Å². The summed E-state index contributed by atoms with van der Waals surface area (Å²) in [7, 11) is 1.28. The van der Waals surface area contributed by atoms with E-state index < -0.39 is 5.97 Å². The molecule has 8 heteroatoms. The quantitative estimate of drug-likeness (QED) is 0.840. The van der Waals surface area contributed by atoms with Gasteiger partial charge in [-0.15, -0.1) is 0 Å². The van der Waals surface area contributed by atoms with Crippen LogP contribution in [0.4, 0.5) is 5.69 Å². The summed E-state index contributed by atoms with van der Waals surface area (Å²) in [5.41, 5.74) is 6.03. The summed E-state index contributed by atoms with van der Waals surface area (Å²) in [5.74, 6) is 0.409. The molecule has 2 aromatic heterocycles. The Balaban J connectivity index is 2.36. The second-order valence-corrected chi connectivity index (χ2v) is 4.69. The van der Waals surface area contributed by atoms with Gasteiger partial charge in [0.2, 0.25) is 5.13 Å². The second-order valence-electron chi connectivity index (χ2n) is 3.96. The number of aromatic nitrogens is 4. The Morgan fingerprint density at radius 2 is 2.28 bits per heavy atom. The summed E-state index contributed by atoms with van der Waals surface area (Å²) in [5, 5.41) is 4.62. The molecule has 96 valence electrons. The van der Waals surface area contributed by atoms with Crippen molar-refractivity contribution in [3.63, 3.8) is 0 Å². The predicted molar refractivity (Wildman–Crippen MR) is 66.9 cm³/mol. The van der Waals surface area contributed by atoms with Gasteiger partial charge in [-0.1, -0.05) is 13.8 Å². The zero-order valence-electron chi connectivity index (χ0n) is 10.2. The molecule has 0 spiro atoms. The highest BCUT2D eigenvalue weighted by Crippen LogP contribution is 2.19. The molecule has 0 aromatic carbocycles. The molecule has 0 fully saturated rings. The third kappa shape index (κ3) is 2.19. The van der Waals surface area contributed by atoms with E-state index >= 15 is 0 Å². The van der Waals surface area contributed by atoms with Gasteiger partial charge in [0.15, 0.2) is 5.69 Å². The molecule has 0 saturated carbocycles. The van der Waals surface area contributed by atoms with E-state index in [2.05, 4.69) is 19.2 Å². The lowest BCUT2D eigenvalue weighted by Gasteiger charge is -1.95. The van der Waals surface area contributed by atoms with E-state index in [1.54, 1.807) is 0 Å². The van der Waals surface area contributed by atoms with Crippen LogP contribution in [0, 0.1) is 0 Å². The summed E-state index contributed by atoms with van der Waals surface area (Å²) in [6.45, 7) is 4.01. The summed E-state index contributed by atoms with van der Waals surface area (Å²) >= 11 is 1.20. The number of nitrogens with two attached hydrogens (primary N) is 1. The lowest BCUT2D eigenvalue weighted by Crippen LogP contribution is -2.06. The first-order valence-electron chi connectivity index (χ1n) is 5.30. The highest BCUT2D eigenvalue weighted by molar-refractivity contribution is 7.08. The minimum absolute atomic E-state index is 0.0822. The van der Waals surface area contributed by atoms with Crippen molar-refractivity contribution in [1.29, 1.82) is 0 Å². The van der Waals surface area contributed by atoms with Crippen molar-refractivity contribution in [2.24, 2.45) is 0 Å². The van der Waals surface area contributed by atoms with Gasteiger partial charge in [-0.25, -0.2) is 14.5 Å². The fourth-order valence-electron chi connectivity index (χ4n) is 1.29.